The predicted molar refractivity (Wildman–Crippen MR) is 120 cm³/mol. The van der Waals surface area contributed by atoms with Gasteiger partial charge < -0.3 is 19.8 Å². The van der Waals surface area contributed by atoms with Crippen molar-refractivity contribution in [2.75, 3.05) is 19.6 Å². The van der Waals surface area contributed by atoms with Gasteiger partial charge in [-0.25, -0.2) is 4.39 Å². The van der Waals surface area contributed by atoms with Crippen LogP contribution in [-0.2, 0) is 37.0 Å². The van der Waals surface area contributed by atoms with E-state index in [1.807, 2.05) is 0 Å². The van der Waals surface area contributed by atoms with E-state index >= 15 is 0 Å². The smallest absolute Gasteiger partial charge is 0.374 e. The van der Waals surface area contributed by atoms with E-state index < -0.39 is 45.2 Å². The summed E-state index contributed by atoms with van der Waals surface area (Å²) in [6.07, 6.45) is -5.14. The highest BCUT2D eigenvalue weighted by atomic mass is 35.5. The number of halogens is 6. The highest BCUT2D eigenvalue weighted by Gasteiger charge is 2.62. The topological polar surface area (TPSA) is 80.2 Å². The van der Waals surface area contributed by atoms with Crippen molar-refractivity contribution in [2.24, 2.45) is 5.16 Å². The number of fused-ring (bicyclic) bond motifs is 2. The van der Waals surface area contributed by atoms with E-state index in [4.69, 9.17) is 32.8 Å². The van der Waals surface area contributed by atoms with Gasteiger partial charge in [-0.2, -0.15) is 13.2 Å². The largest absolute Gasteiger partial charge is 0.435 e. The maximum absolute atomic E-state index is 14.3. The van der Waals surface area contributed by atoms with Crippen LogP contribution in [0.2, 0.25) is 10.0 Å². The van der Waals surface area contributed by atoms with Crippen molar-refractivity contribution in [3.8, 4) is 0 Å². The molecule has 36 heavy (non-hydrogen) atoms. The molecule has 190 valence electrons. The molecule has 1 unspecified atom stereocenters. The summed E-state index contributed by atoms with van der Waals surface area (Å²) in [4.78, 5) is 29.0. The molecule has 1 atom stereocenters. The maximum atomic E-state index is 14.3. The summed E-state index contributed by atoms with van der Waals surface area (Å²) in [5.41, 5.74) is -2.01. The van der Waals surface area contributed by atoms with Gasteiger partial charge in [0.2, 0.25) is 12.3 Å². The quantitative estimate of drug-likeness (QED) is 0.349. The molecule has 1 saturated heterocycles. The standard InChI is InChI=1S/C23H17Cl2F4N3O4/c24-16-4-14(5-17(25)20(16)26)22(23(27,28)29)6-18(31-36-22)12-1-2-15-13(3-12)8-35-21(15)9-32(10-21)19(34)7-30-11-33/h1-5,11H,6-10H2,(H,30,33). The fourth-order valence-electron chi connectivity index (χ4n) is 4.73. The number of oxime groups is 1. The van der Waals surface area contributed by atoms with Gasteiger partial charge in [0.15, 0.2) is 5.82 Å². The molecule has 0 aliphatic carbocycles. The first-order valence-electron chi connectivity index (χ1n) is 10.7. The van der Waals surface area contributed by atoms with E-state index in [0.717, 1.165) is 23.3 Å². The number of nitrogens with zero attached hydrogens (tertiary/aromatic N) is 2. The Morgan fingerprint density at radius 1 is 1.19 bits per heavy atom. The number of likely N-dealkylation sites (tertiary alicyclic amines) is 1. The van der Waals surface area contributed by atoms with E-state index in [1.165, 1.54) is 0 Å². The average molecular weight is 546 g/mol. The van der Waals surface area contributed by atoms with Crippen LogP contribution in [0.1, 0.15) is 28.7 Å². The SMILES string of the molecule is O=CNCC(=O)N1CC2(C1)OCc1cc(C3=NOC(c4cc(Cl)c(F)c(Cl)c4)(C(F)(F)F)C3)ccc12. The number of carbonyl (C=O) groups excluding carboxylic acids is 2. The Morgan fingerprint density at radius 3 is 2.53 bits per heavy atom. The molecule has 3 heterocycles. The van der Waals surface area contributed by atoms with Gasteiger partial charge in [-0.15, -0.1) is 0 Å². The molecule has 1 N–H and O–H groups in total. The lowest BCUT2D eigenvalue weighted by Crippen LogP contribution is -2.62. The average Bonchev–Trinajstić information content (AvgIpc) is 3.42. The molecular formula is C23H17Cl2F4N3O4. The van der Waals surface area contributed by atoms with Crippen LogP contribution >= 0.6 is 23.2 Å². The van der Waals surface area contributed by atoms with E-state index in [1.54, 1.807) is 23.1 Å². The summed E-state index contributed by atoms with van der Waals surface area (Å²) in [6, 6.07) is 6.71. The van der Waals surface area contributed by atoms with Gasteiger partial charge >= 0.3 is 6.18 Å². The highest BCUT2D eigenvalue weighted by Crippen LogP contribution is 2.50. The molecule has 7 nitrogen and oxygen atoms in total. The third-order valence-corrected chi connectivity index (χ3v) is 7.20. The van der Waals surface area contributed by atoms with Gasteiger partial charge in [0.1, 0.15) is 5.60 Å². The van der Waals surface area contributed by atoms with Gasteiger partial charge in [-0.1, -0.05) is 40.5 Å². The molecule has 0 saturated carbocycles. The molecule has 13 heteroatoms. The number of ether oxygens (including phenoxy) is 1. The number of hydrogen-bond donors (Lipinski definition) is 1. The van der Waals surface area contributed by atoms with E-state index in [-0.39, 0.29) is 24.8 Å². The summed E-state index contributed by atoms with van der Waals surface area (Å²) in [5, 5.41) is 4.93. The van der Waals surface area contributed by atoms with Crippen LogP contribution in [0.4, 0.5) is 17.6 Å². The van der Waals surface area contributed by atoms with Gasteiger partial charge in [0.05, 0.1) is 42.0 Å². The lowest BCUT2D eigenvalue weighted by molar-refractivity contribution is -0.275. The van der Waals surface area contributed by atoms with Crippen LogP contribution in [0.25, 0.3) is 0 Å². The molecular weight excluding hydrogens is 529 g/mol. The lowest BCUT2D eigenvalue weighted by Gasteiger charge is -2.47. The van der Waals surface area contributed by atoms with Crippen LogP contribution in [0.15, 0.2) is 35.5 Å². The molecule has 3 aliphatic heterocycles. The van der Waals surface area contributed by atoms with Crippen LogP contribution in [0.3, 0.4) is 0 Å². The Balaban J connectivity index is 1.38. The summed E-state index contributed by atoms with van der Waals surface area (Å²) in [6.45, 7) is 0.689. The predicted octanol–water partition coefficient (Wildman–Crippen LogP) is 4.03. The van der Waals surface area contributed by atoms with Crippen molar-refractivity contribution < 1.29 is 36.7 Å². The van der Waals surface area contributed by atoms with E-state index in [9.17, 15) is 27.2 Å². The van der Waals surface area contributed by atoms with Gasteiger partial charge in [-0.05, 0) is 34.9 Å². The van der Waals surface area contributed by atoms with Crippen molar-refractivity contribution >= 4 is 41.2 Å². The number of nitrogens with one attached hydrogen (secondary N) is 1. The molecule has 5 rings (SSSR count). The zero-order valence-electron chi connectivity index (χ0n) is 18.3. The van der Waals surface area contributed by atoms with E-state index in [2.05, 4.69) is 10.5 Å². The fourth-order valence-corrected chi connectivity index (χ4v) is 5.21. The molecule has 0 aromatic heterocycles. The number of carbonyl (C=O) groups is 2. The molecule has 3 aliphatic rings. The second kappa shape index (κ2) is 8.60. The van der Waals surface area contributed by atoms with Crippen LogP contribution < -0.4 is 5.32 Å². The van der Waals surface area contributed by atoms with Crippen molar-refractivity contribution in [3.05, 3.63) is 68.4 Å². The Bertz CT molecular complexity index is 1270. The van der Waals surface area contributed by atoms with Gasteiger partial charge in [-0.3, -0.25) is 9.59 Å². The van der Waals surface area contributed by atoms with Crippen LogP contribution in [0, 0.1) is 5.82 Å². The molecule has 1 spiro atoms. The monoisotopic (exact) mass is 545 g/mol. The third kappa shape index (κ3) is 3.80. The summed E-state index contributed by atoms with van der Waals surface area (Å²) in [7, 11) is 0. The minimum Gasteiger partial charge on any atom is -0.374 e. The summed E-state index contributed by atoms with van der Waals surface area (Å²) >= 11 is 11.5. The van der Waals surface area contributed by atoms with Crippen LogP contribution in [-0.4, -0.2) is 48.7 Å². The number of benzene rings is 2. The minimum atomic E-state index is -4.91. The van der Waals surface area contributed by atoms with Crippen LogP contribution in [0.5, 0.6) is 0 Å². The molecule has 2 aromatic rings. The maximum Gasteiger partial charge on any atom is 0.435 e. The Labute approximate surface area is 211 Å². The second-order valence-electron chi connectivity index (χ2n) is 8.79. The Kier molecular flexibility index (Phi) is 5.92. The molecule has 0 bridgehead atoms. The number of alkyl halides is 3. The second-order valence-corrected chi connectivity index (χ2v) is 9.60. The first-order valence-corrected chi connectivity index (χ1v) is 11.4. The highest BCUT2D eigenvalue weighted by molar-refractivity contribution is 6.35. The van der Waals surface area contributed by atoms with Gasteiger partial charge in [0.25, 0.3) is 5.60 Å². The van der Waals surface area contributed by atoms with Crippen molar-refractivity contribution in [1.82, 2.24) is 10.2 Å². The summed E-state index contributed by atoms with van der Waals surface area (Å²) < 4.78 is 62.6. The lowest BCUT2D eigenvalue weighted by atomic mass is 9.83. The summed E-state index contributed by atoms with van der Waals surface area (Å²) in [5.74, 6) is -1.27. The van der Waals surface area contributed by atoms with Gasteiger partial charge in [0, 0.05) is 12.0 Å². The van der Waals surface area contributed by atoms with Crippen molar-refractivity contribution in [3.63, 3.8) is 0 Å². The fraction of sp³-hybridized carbons (Fsp3) is 0.348. The molecule has 2 aromatic carbocycles. The normalized spacial score (nSPS) is 22.1. The molecule has 2 amide bonds. The number of hydrogen-bond acceptors (Lipinski definition) is 5. The van der Waals surface area contributed by atoms with E-state index in [0.29, 0.717) is 25.1 Å². The molecule has 0 radical (unpaired) electrons. The zero-order valence-corrected chi connectivity index (χ0v) is 19.8. The number of amides is 2. The van der Waals surface area contributed by atoms with Crippen molar-refractivity contribution in [1.29, 1.82) is 0 Å². The zero-order chi connectivity index (χ0) is 25.9. The third-order valence-electron chi connectivity index (χ3n) is 6.65. The first kappa shape index (κ1) is 24.8. The number of rotatable bonds is 5. The Morgan fingerprint density at radius 2 is 1.89 bits per heavy atom. The minimum absolute atomic E-state index is 0.0398. The Hall–Kier alpha value is -2.89. The first-order chi connectivity index (χ1) is 17.0. The molecule has 1 fully saturated rings. The van der Waals surface area contributed by atoms with Crippen molar-refractivity contribution in [2.45, 2.75) is 30.4 Å².